The number of rotatable bonds is 1. The Hall–Kier alpha value is -1.49. The summed E-state index contributed by atoms with van der Waals surface area (Å²) in [5, 5.41) is 18.9. The molecule has 0 spiro atoms. The average Bonchev–Trinajstić information content (AvgIpc) is 2.32. The van der Waals surface area contributed by atoms with Gasteiger partial charge in [0.15, 0.2) is 0 Å². The van der Waals surface area contributed by atoms with Crippen molar-refractivity contribution >= 4 is 5.84 Å². The second-order valence-corrected chi connectivity index (χ2v) is 4.03. The SMILES string of the molecule is N=C([C@H]1CCCNC1)n1cc(F)ccc1=N. The Morgan fingerprint density at radius 2 is 2.31 bits per heavy atom. The average molecular weight is 222 g/mol. The first-order valence-corrected chi connectivity index (χ1v) is 5.41. The van der Waals surface area contributed by atoms with Gasteiger partial charge in [-0.15, -0.1) is 0 Å². The molecule has 1 aliphatic heterocycles. The molecule has 86 valence electrons. The molecule has 4 nitrogen and oxygen atoms in total. The van der Waals surface area contributed by atoms with E-state index >= 15 is 0 Å². The molecule has 1 saturated heterocycles. The van der Waals surface area contributed by atoms with Crippen molar-refractivity contribution in [2.24, 2.45) is 5.92 Å². The Morgan fingerprint density at radius 3 is 3.00 bits per heavy atom. The highest BCUT2D eigenvalue weighted by atomic mass is 19.1. The van der Waals surface area contributed by atoms with Crippen LogP contribution in [0.25, 0.3) is 0 Å². The van der Waals surface area contributed by atoms with Crippen LogP contribution in [0.15, 0.2) is 18.3 Å². The van der Waals surface area contributed by atoms with Crippen molar-refractivity contribution < 1.29 is 4.39 Å². The molecule has 1 aromatic rings. The molecule has 1 fully saturated rings. The van der Waals surface area contributed by atoms with E-state index in [9.17, 15) is 4.39 Å². The van der Waals surface area contributed by atoms with Crippen LogP contribution in [-0.4, -0.2) is 23.5 Å². The van der Waals surface area contributed by atoms with Gasteiger partial charge >= 0.3 is 0 Å². The van der Waals surface area contributed by atoms with Crippen LogP contribution < -0.4 is 10.8 Å². The Bertz CT molecular complexity index is 446. The van der Waals surface area contributed by atoms with Crippen LogP contribution in [0.3, 0.4) is 0 Å². The Morgan fingerprint density at radius 1 is 1.50 bits per heavy atom. The number of pyridine rings is 1. The van der Waals surface area contributed by atoms with Crippen LogP contribution in [0.2, 0.25) is 0 Å². The van der Waals surface area contributed by atoms with Crippen LogP contribution in [0.5, 0.6) is 0 Å². The maximum atomic E-state index is 13.1. The number of nitrogens with zero attached hydrogens (tertiary/aromatic N) is 1. The summed E-state index contributed by atoms with van der Waals surface area (Å²) in [5.74, 6) is -0.0362. The molecule has 0 amide bonds. The highest BCUT2D eigenvalue weighted by Crippen LogP contribution is 2.11. The summed E-state index contributed by atoms with van der Waals surface area (Å²) in [5.41, 5.74) is 0.150. The lowest BCUT2D eigenvalue weighted by molar-refractivity contribution is 0.448. The first-order valence-electron chi connectivity index (χ1n) is 5.41. The van der Waals surface area contributed by atoms with Gasteiger partial charge in [-0.25, -0.2) is 4.39 Å². The summed E-state index contributed by atoms with van der Waals surface area (Å²) in [6.07, 6.45) is 3.16. The van der Waals surface area contributed by atoms with E-state index in [2.05, 4.69) is 5.32 Å². The smallest absolute Gasteiger partial charge is 0.139 e. The van der Waals surface area contributed by atoms with E-state index < -0.39 is 5.82 Å². The van der Waals surface area contributed by atoms with Crippen LogP contribution >= 0.6 is 0 Å². The zero-order valence-corrected chi connectivity index (χ0v) is 8.96. The van der Waals surface area contributed by atoms with Crippen LogP contribution in [0.1, 0.15) is 12.8 Å². The van der Waals surface area contributed by atoms with Crippen LogP contribution in [-0.2, 0) is 0 Å². The van der Waals surface area contributed by atoms with Crippen molar-refractivity contribution in [3.63, 3.8) is 0 Å². The van der Waals surface area contributed by atoms with Gasteiger partial charge in [-0.1, -0.05) is 0 Å². The van der Waals surface area contributed by atoms with Gasteiger partial charge in [0.25, 0.3) is 0 Å². The quantitative estimate of drug-likeness (QED) is 0.480. The highest BCUT2D eigenvalue weighted by Gasteiger charge is 2.19. The summed E-state index contributed by atoms with van der Waals surface area (Å²) in [6.45, 7) is 1.72. The summed E-state index contributed by atoms with van der Waals surface area (Å²) in [4.78, 5) is 0. The number of aromatic nitrogens is 1. The van der Waals surface area contributed by atoms with Gasteiger partial charge in [-0.3, -0.25) is 15.4 Å². The van der Waals surface area contributed by atoms with Crippen LogP contribution in [0.4, 0.5) is 4.39 Å². The number of piperidine rings is 1. The Balaban J connectivity index is 2.25. The molecule has 16 heavy (non-hydrogen) atoms. The number of hydrogen-bond acceptors (Lipinski definition) is 3. The molecule has 1 atom stereocenters. The fourth-order valence-electron chi connectivity index (χ4n) is 1.96. The van der Waals surface area contributed by atoms with Crippen molar-refractivity contribution in [2.75, 3.05) is 13.1 Å². The normalized spacial score (nSPS) is 20.7. The number of nitrogens with one attached hydrogen (secondary N) is 3. The standard InChI is InChI=1S/C11H15FN4/c12-9-3-4-10(13)16(7-9)11(14)8-2-1-5-15-6-8/h3-4,7-8,13-15H,1-2,5-6H2/t8-/m0/s1. The number of hydrogen-bond donors (Lipinski definition) is 3. The highest BCUT2D eigenvalue weighted by molar-refractivity contribution is 5.83. The van der Waals surface area contributed by atoms with Gasteiger partial charge in [-0.05, 0) is 31.5 Å². The molecular formula is C11H15FN4. The third-order valence-electron chi connectivity index (χ3n) is 2.86. The molecule has 3 N–H and O–H groups in total. The predicted octanol–water partition coefficient (Wildman–Crippen LogP) is 0.932. The number of halogens is 1. The summed E-state index contributed by atoms with van der Waals surface area (Å²) in [6, 6.07) is 2.62. The molecule has 0 unspecified atom stereocenters. The van der Waals surface area contributed by atoms with E-state index in [1.807, 2.05) is 0 Å². The second kappa shape index (κ2) is 4.57. The van der Waals surface area contributed by atoms with Gasteiger partial charge in [0, 0.05) is 18.7 Å². The minimum atomic E-state index is -0.412. The van der Waals surface area contributed by atoms with Crippen LogP contribution in [0, 0.1) is 22.6 Å². The van der Waals surface area contributed by atoms with Crippen molar-refractivity contribution in [1.29, 1.82) is 10.8 Å². The lowest BCUT2D eigenvalue weighted by Gasteiger charge is -2.24. The molecule has 0 saturated carbocycles. The molecule has 0 aliphatic carbocycles. The molecular weight excluding hydrogens is 207 g/mol. The zero-order valence-electron chi connectivity index (χ0n) is 8.96. The van der Waals surface area contributed by atoms with E-state index in [4.69, 9.17) is 10.8 Å². The zero-order chi connectivity index (χ0) is 11.5. The first-order chi connectivity index (χ1) is 7.68. The monoisotopic (exact) mass is 222 g/mol. The summed E-state index contributed by atoms with van der Waals surface area (Å²) >= 11 is 0. The maximum absolute atomic E-state index is 13.1. The molecule has 1 aliphatic rings. The summed E-state index contributed by atoms with van der Waals surface area (Å²) < 4.78 is 14.4. The topological polar surface area (TPSA) is 64.7 Å². The van der Waals surface area contributed by atoms with E-state index in [-0.39, 0.29) is 11.4 Å². The van der Waals surface area contributed by atoms with Crippen molar-refractivity contribution in [3.8, 4) is 0 Å². The Kier molecular flexibility index (Phi) is 3.14. The molecule has 0 bridgehead atoms. The van der Waals surface area contributed by atoms with Gasteiger partial charge in [0.05, 0.1) is 0 Å². The van der Waals surface area contributed by atoms with E-state index in [0.29, 0.717) is 5.84 Å². The third-order valence-corrected chi connectivity index (χ3v) is 2.86. The van der Waals surface area contributed by atoms with E-state index in [1.165, 1.54) is 22.9 Å². The molecule has 1 aromatic heterocycles. The van der Waals surface area contributed by atoms with Gasteiger partial charge in [-0.2, -0.15) is 0 Å². The van der Waals surface area contributed by atoms with E-state index in [1.54, 1.807) is 0 Å². The third kappa shape index (κ3) is 2.19. The first kappa shape index (κ1) is 11.0. The molecule has 0 radical (unpaired) electrons. The Labute approximate surface area is 93.1 Å². The second-order valence-electron chi connectivity index (χ2n) is 4.03. The molecule has 5 heteroatoms. The van der Waals surface area contributed by atoms with Crippen molar-refractivity contribution in [1.82, 2.24) is 9.88 Å². The van der Waals surface area contributed by atoms with Gasteiger partial charge in [0.1, 0.15) is 17.1 Å². The minimum absolute atomic E-state index is 0.0737. The minimum Gasteiger partial charge on any atom is -0.316 e. The molecule has 0 aromatic carbocycles. The van der Waals surface area contributed by atoms with E-state index in [0.717, 1.165) is 25.9 Å². The summed E-state index contributed by atoms with van der Waals surface area (Å²) in [7, 11) is 0. The largest absolute Gasteiger partial charge is 0.316 e. The fourth-order valence-corrected chi connectivity index (χ4v) is 1.96. The van der Waals surface area contributed by atoms with Crippen molar-refractivity contribution in [3.05, 3.63) is 29.6 Å². The maximum Gasteiger partial charge on any atom is 0.139 e. The lowest BCUT2D eigenvalue weighted by atomic mass is 9.98. The van der Waals surface area contributed by atoms with Crippen molar-refractivity contribution in [2.45, 2.75) is 12.8 Å². The lowest BCUT2D eigenvalue weighted by Crippen LogP contribution is -2.40. The molecule has 2 heterocycles. The van der Waals surface area contributed by atoms with Gasteiger partial charge in [0.2, 0.25) is 0 Å². The fraction of sp³-hybridized carbons (Fsp3) is 0.455. The van der Waals surface area contributed by atoms with Gasteiger partial charge < -0.3 is 5.32 Å². The predicted molar refractivity (Wildman–Crippen MR) is 59.0 cm³/mol. The molecule has 2 rings (SSSR count).